The Kier molecular flexibility index (Phi) is 2.36. The molecule has 1 saturated heterocycles. The lowest BCUT2D eigenvalue weighted by Gasteiger charge is -2.27. The Morgan fingerprint density at radius 1 is 1.50 bits per heavy atom. The van der Waals surface area contributed by atoms with Gasteiger partial charge in [-0.15, -0.1) is 0 Å². The molecule has 1 aromatic heterocycles. The standard InChI is InChI=1S/C12H13ClN2O/c13-11-6-9(3-4-14-11)12(16)15-7-8-1-2-10(15)5-8/h3-4,6,8,10H,1-2,5,7H2. The summed E-state index contributed by atoms with van der Waals surface area (Å²) in [6.07, 6.45) is 5.22. The van der Waals surface area contributed by atoms with Gasteiger partial charge in [-0.05, 0) is 37.3 Å². The monoisotopic (exact) mass is 236 g/mol. The van der Waals surface area contributed by atoms with Crippen molar-refractivity contribution in [3.05, 3.63) is 29.0 Å². The number of carbonyl (C=O) groups is 1. The number of fused-ring (bicyclic) bond motifs is 2. The van der Waals surface area contributed by atoms with Crippen molar-refractivity contribution in [2.75, 3.05) is 6.54 Å². The van der Waals surface area contributed by atoms with E-state index in [-0.39, 0.29) is 5.91 Å². The molecule has 4 heteroatoms. The summed E-state index contributed by atoms with van der Waals surface area (Å²) in [6.45, 7) is 0.920. The zero-order chi connectivity index (χ0) is 11.1. The lowest BCUT2D eigenvalue weighted by Crippen LogP contribution is -2.37. The summed E-state index contributed by atoms with van der Waals surface area (Å²) in [6, 6.07) is 3.85. The molecule has 84 valence electrons. The Morgan fingerprint density at radius 3 is 3.00 bits per heavy atom. The van der Waals surface area contributed by atoms with Gasteiger partial charge >= 0.3 is 0 Å². The fraction of sp³-hybridized carbons (Fsp3) is 0.500. The van der Waals surface area contributed by atoms with Gasteiger partial charge in [-0.1, -0.05) is 11.6 Å². The highest BCUT2D eigenvalue weighted by Gasteiger charge is 2.40. The van der Waals surface area contributed by atoms with E-state index in [1.54, 1.807) is 18.3 Å². The molecule has 2 aliphatic rings. The first kappa shape index (κ1) is 10.1. The number of hydrogen-bond acceptors (Lipinski definition) is 2. The van der Waals surface area contributed by atoms with Crippen LogP contribution in [-0.2, 0) is 0 Å². The number of hydrogen-bond donors (Lipinski definition) is 0. The van der Waals surface area contributed by atoms with Crippen LogP contribution in [0.3, 0.4) is 0 Å². The van der Waals surface area contributed by atoms with E-state index in [1.165, 1.54) is 12.8 Å². The molecule has 0 N–H and O–H groups in total. The van der Waals surface area contributed by atoms with Crippen LogP contribution in [0.2, 0.25) is 5.15 Å². The maximum absolute atomic E-state index is 12.2. The molecule has 3 nitrogen and oxygen atoms in total. The number of aromatic nitrogens is 1. The van der Waals surface area contributed by atoms with Gasteiger partial charge in [-0.3, -0.25) is 4.79 Å². The number of piperidine rings is 1. The molecular weight excluding hydrogens is 224 g/mol. The van der Waals surface area contributed by atoms with Crippen LogP contribution in [0.15, 0.2) is 18.3 Å². The molecule has 0 radical (unpaired) electrons. The van der Waals surface area contributed by atoms with Crippen molar-refractivity contribution in [2.24, 2.45) is 5.92 Å². The minimum Gasteiger partial charge on any atom is -0.335 e. The second kappa shape index (κ2) is 3.74. The quantitative estimate of drug-likeness (QED) is 0.702. The van der Waals surface area contributed by atoms with Crippen molar-refractivity contribution in [3.63, 3.8) is 0 Å². The number of pyridine rings is 1. The van der Waals surface area contributed by atoms with E-state index in [0.717, 1.165) is 18.9 Å². The number of rotatable bonds is 1. The number of likely N-dealkylation sites (tertiary alicyclic amines) is 1. The molecule has 16 heavy (non-hydrogen) atoms. The van der Waals surface area contributed by atoms with Crippen LogP contribution in [0.25, 0.3) is 0 Å². The number of carbonyl (C=O) groups excluding carboxylic acids is 1. The summed E-state index contributed by atoms with van der Waals surface area (Å²) in [5, 5.41) is 0.384. The van der Waals surface area contributed by atoms with Crippen LogP contribution in [0.1, 0.15) is 29.6 Å². The van der Waals surface area contributed by atoms with Gasteiger partial charge in [0, 0.05) is 24.3 Å². The average molecular weight is 237 g/mol. The van der Waals surface area contributed by atoms with Crippen LogP contribution >= 0.6 is 11.6 Å². The molecule has 1 aromatic rings. The molecular formula is C12H13ClN2O. The zero-order valence-corrected chi connectivity index (χ0v) is 9.65. The molecule has 1 aliphatic carbocycles. The van der Waals surface area contributed by atoms with E-state index in [9.17, 15) is 4.79 Å². The molecule has 2 heterocycles. The lowest BCUT2D eigenvalue weighted by molar-refractivity contribution is 0.0703. The second-order valence-electron chi connectivity index (χ2n) is 4.66. The summed E-state index contributed by atoms with van der Waals surface area (Å²) in [5.41, 5.74) is 0.660. The van der Waals surface area contributed by atoms with E-state index >= 15 is 0 Å². The minimum atomic E-state index is 0.108. The van der Waals surface area contributed by atoms with Crippen LogP contribution in [0, 0.1) is 5.92 Å². The normalized spacial score (nSPS) is 27.4. The molecule has 2 unspecified atom stereocenters. The zero-order valence-electron chi connectivity index (χ0n) is 8.90. The minimum absolute atomic E-state index is 0.108. The molecule has 0 spiro atoms. The Bertz CT molecular complexity index is 435. The van der Waals surface area contributed by atoms with Gasteiger partial charge in [0.15, 0.2) is 0 Å². The van der Waals surface area contributed by atoms with Crippen molar-refractivity contribution >= 4 is 17.5 Å². The molecule has 3 rings (SSSR count). The molecule has 1 aliphatic heterocycles. The van der Waals surface area contributed by atoms with E-state index in [2.05, 4.69) is 4.98 Å². The Morgan fingerprint density at radius 2 is 2.38 bits per heavy atom. The third-order valence-electron chi connectivity index (χ3n) is 3.64. The van der Waals surface area contributed by atoms with Gasteiger partial charge in [-0.25, -0.2) is 4.98 Å². The van der Waals surface area contributed by atoms with Crippen molar-refractivity contribution in [2.45, 2.75) is 25.3 Å². The fourth-order valence-electron chi connectivity index (χ4n) is 2.87. The first-order valence-corrected chi connectivity index (χ1v) is 6.04. The van der Waals surface area contributed by atoms with Gasteiger partial charge in [0.1, 0.15) is 5.15 Å². The van der Waals surface area contributed by atoms with E-state index in [0.29, 0.717) is 16.8 Å². The van der Waals surface area contributed by atoms with E-state index < -0.39 is 0 Å². The van der Waals surface area contributed by atoms with Crippen molar-refractivity contribution in [1.29, 1.82) is 0 Å². The average Bonchev–Trinajstić information content (AvgIpc) is 2.89. The highest BCUT2D eigenvalue weighted by Crippen LogP contribution is 2.38. The topological polar surface area (TPSA) is 33.2 Å². The summed E-state index contributed by atoms with van der Waals surface area (Å²) in [5.74, 6) is 0.836. The van der Waals surface area contributed by atoms with Gasteiger partial charge in [0.25, 0.3) is 5.91 Å². The number of halogens is 1. The highest BCUT2D eigenvalue weighted by molar-refractivity contribution is 6.29. The Balaban J connectivity index is 1.83. The summed E-state index contributed by atoms with van der Waals surface area (Å²) >= 11 is 5.79. The van der Waals surface area contributed by atoms with Crippen molar-refractivity contribution in [3.8, 4) is 0 Å². The Hall–Kier alpha value is -1.09. The predicted octanol–water partition coefficient (Wildman–Crippen LogP) is 2.36. The summed E-state index contributed by atoms with van der Waals surface area (Å²) < 4.78 is 0. The largest absolute Gasteiger partial charge is 0.335 e. The summed E-state index contributed by atoms with van der Waals surface area (Å²) in [7, 11) is 0. The number of amides is 1. The molecule has 0 aromatic carbocycles. The highest BCUT2D eigenvalue weighted by atomic mass is 35.5. The lowest BCUT2D eigenvalue weighted by atomic mass is 10.1. The maximum Gasteiger partial charge on any atom is 0.254 e. The molecule has 1 amide bonds. The fourth-order valence-corrected chi connectivity index (χ4v) is 3.05. The van der Waals surface area contributed by atoms with Crippen LogP contribution in [0.4, 0.5) is 0 Å². The van der Waals surface area contributed by atoms with Crippen molar-refractivity contribution < 1.29 is 4.79 Å². The molecule has 2 bridgehead atoms. The third kappa shape index (κ3) is 1.59. The first-order chi connectivity index (χ1) is 7.74. The van der Waals surface area contributed by atoms with Crippen LogP contribution in [-0.4, -0.2) is 28.4 Å². The molecule has 1 saturated carbocycles. The first-order valence-electron chi connectivity index (χ1n) is 5.66. The van der Waals surface area contributed by atoms with Gasteiger partial charge in [-0.2, -0.15) is 0 Å². The second-order valence-corrected chi connectivity index (χ2v) is 5.04. The smallest absolute Gasteiger partial charge is 0.254 e. The number of nitrogens with zero attached hydrogens (tertiary/aromatic N) is 2. The SMILES string of the molecule is O=C(c1ccnc(Cl)c1)N1CC2CCC1C2. The van der Waals surface area contributed by atoms with E-state index in [4.69, 9.17) is 11.6 Å². The maximum atomic E-state index is 12.2. The molecule has 2 fully saturated rings. The third-order valence-corrected chi connectivity index (χ3v) is 3.85. The Labute approximate surface area is 99.4 Å². The van der Waals surface area contributed by atoms with Gasteiger partial charge in [0.2, 0.25) is 0 Å². The van der Waals surface area contributed by atoms with Gasteiger partial charge < -0.3 is 4.90 Å². The van der Waals surface area contributed by atoms with Crippen LogP contribution in [0.5, 0.6) is 0 Å². The predicted molar refractivity (Wildman–Crippen MR) is 61.4 cm³/mol. The van der Waals surface area contributed by atoms with Crippen molar-refractivity contribution in [1.82, 2.24) is 9.88 Å². The summed E-state index contributed by atoms with van der Waals surface area (Å²) in [4.78, 5) is 18.1. The van der Waals surface area contributed by atoms with Crippen LogP contribution < -0.4 is 0 Å². The van der Waals surface area contributed by atoms with E-state index in [1.807, 2.05) is 4.90 Å². The van der Waals surface area contributed by atoms with Gasteiger partial charge in [0.05, 0.1) is 0 Å². The molecule has 2 atom stereocenters.